The molecule has 0 saturated heterocycles. The summed E-state index contributed by atoms with van der Waals surface area (Å²) in [6.07, 6.45) is -0.0859. The van der Waals surface area contributed by atoms with Gasteiger partial charge in [-0.3, -0.25) is 24.0 Å². The average Bonchev–Trinajstić information content (AvgIpc) is 2.70. The van der Waals surface area contributed by atoms with Crippen molar-refractivity contribution < 1.29 is 39.0 Å². The van der Waals surface area contributed by atoms with Gasteiger partial charge in [-0.1, -0.05) is 13.8 Å². The van der Waals surface area contributed by atoms with Crippen LogP contribution in [0.4, 0.5) is 0 Å². The summed E-state index contributed by atoms with van der Waals surface area (Å²) in [7, 11) is 0. The zero-order chi connectivity index (χ0) is 24.8. The molecule has 0 rings (SSSR count). The van der Waals surface area contributed by atoms with Crippen LogP contribution in [0.5, 0.6) is 0 Å². The van der Waals surface area contributed by atoms with Gasteiger partial charge >= 0.3 is 5.97 Å². The number of rotatable bonds is 15. The molecule has 0 aliphatic carbocycles. The second-order valence-corrected chi connectivity index (χ2v) is 7.44. The number of hydrogen-bond donors (Lipinski definition) is 8. The van der Waals surface area contributed by atoms with Crippen molar-refractivity contribution in [2.24, 2.45) is 17.4 Å². The molecule has 14 heteroatoms. The Morgan fingerprint density at radius 2 is 1.47 bits per heavy atom. The molecule has 0 unspecified atom stereocenters. The Balaban J connectivity index is 4.46. The van der Waals surface area contributed by atoms with Gasteiger partial charge in [-0.05, 0) is 18.8 Å². The fourth-order valence-corrected chi connectivity index (χ4v) is 2.41. The Morgan fingerprint density at radius 3 is 1.97 bits per heavy atom. The maximum Gasteiger partial charge on any atom is 0.326 e. The largest absolute Gasteiger partial charge is 0.480 e. The van der Waals surface area contributed by atoms with Crippen molar-refractivity contribution in [2.45, 2.75) is 51.2 Å². The van der Waals surface area contributed by atoms with Gasteiger partial charge in [0.2, 0.25) is 29.5 Å². The highest BCUT2D eigenvalue weighted by molar-refractivity contribution is 5.93. The van der Waals surface area contributed by atoms with Gasteiger partial charge in [0, 0.05) is 6.42 Å². The van der Waals surface area contributed by atoms with Crippen LogP contribution in [0.1, 0.15) is 33.1 Å². The van der Waals surface area contributed by atoms with Crippen molar-refractivity contribution >= 4 is 35.5 Å². The number of aliphatic carboxylic acids is 1. The summed E-state index contributed by atoms with van der Waals surface area (Å²) in [4.78, 5) is 69.4. The van der Waals surface area contributed by atoms with E-state index in [2.05, 4.69) is 21.3 Å². The lowest BCUT2D eigenvalue weighted by molar-refractivity contribution is -0.142. The van der Waals surface area contributed by atoms with Crippen molar-refractivity contribution in [3.8, 4) is 0 Å². The van der Waals surface area contributed by atoms with Gasteiger partial charge in [0.25, 0.3) is 0 Å². The Hall–Kier alpha value is -3.26. The van der Waals surface area contributed by atoms with Crippen LogP contribution in [0.3, 0.4) is 0 Å². The second kappa shape index (κ2) is 14.7. The van der Waals surface area contributed by atoms with E-state index in [1.165, 1.54) is 0 Å². The zero-order valence-corrected chi connectivity index (χ0v) is 18.1. The van der Waals surface area contributed by atoms with Crippen LogP contribution in [-0.2, 0) is 28.8 Å². The van der Waals surface area contributed by atoms with Crippen molar-refractivity contribution in [1.29, 1.82) is 0 Å². The van der Waals surface area contributed by atoms with E-state index in [1.54, 1.807) is 0 Å². The molecule has 0 saturated carbocycles. The fourth-order valence-electron chi connectivity index (χ4n) is 2.41. The van der Waals surface area contributed by atoms with E-state index in [9.17, 15) is 33.9 Å². The van der Waals surface area contributed by atoms with E-state index >= 15 is 0 Å². The minimum absolute atomic E-state index is 0.145. The number of amides is 5. The smallest absolute Gasteiger partial charge is 0.326 e. The van der Waals surface area contributed by atoms with Crippen LogP contribution >= 0.6 is 0 Å². The van der Waals surface area contributed by atoms with E-state index < -0.39 is 73.3 Å². The molecule has 0 radical (unpaired) electrons. The third kappa shape index (κ3) is 12.4. The monoisotopic (exact) mass is 460 g/mol. The fraction of sp³-hybridized carbons (Fsp3) is 0.667. The number of nitrogens with one attached hydrogen (secondary N) is 4. The molecule has 5 amide bonds. The molecule has 0 aromatic rings. The number of primary amides is 1. The third-order valence-electron chi connectivity index (χ3n) is 4.06. The maximum absolute atomic E-state index is 12.1. The molecule has 182 valence electrons. The molecule has 0 bridgehead atoms. The molecule has 0 spiro atoms. The summed E-state index contributed by atoms with van der Waals surface area (Å²) >= 11 is 0. The first-order valence-corrected chi connectivity index (χ1v) is 9.89. The number of hydrogen-bond acceptors (Lipinski definition) is 8. The van der Waals surface area contributed by atoms with Crippen LogP contribution in [0.15, 0.2) is 0 Å². The third-order valence-corrected chi connectivity index (χ3v) is 4.06. The first kappa shape index (κ1) is 28.7. The first-order chi connectivity index (χ1) is 14.9. The minimum atomic E-state index is -1.37. The molecular weight excluding hydrogens is 428 g/mol. The van der Waals surface area contributed by atoms with E-state index in [0.717, 1.165) is 0 Å². The highest BCUT2D eigenvalue weighted by atomic mass is 16.4. The summed E-state index contributed by atoms with van der Waals surface area (Å²) in [6, 6.07) is -3.54. The lowest BCUT2D eigenvalue weighted by Gasteiger charge is -2.19. The highest BCUT2D eigenvalue weighted by Gasteiger charge is 2.24. The summed E-state index contributed by atoms with van der Waals surface area (Å²) in [6.45, 7) is 1.86. The van der Waals surface area contributed by atoms with Gasteiger partial charge in [-0.25, -0.2) is 4.79 Å². The molecule has 3 atom stereocenters. The van der Waals surface area contributed by atoms with E-state index in [1.807, 2.05) is 13.8 Å². The first-order valence-electron chi connectivity index (χ1n) is 9.89. The molecule has 14 nitrogen and oxygen atoms in total. The molecular formula is C18H32N6O8. The quantitative estimate of drug-likeness (QED) is 0.118. The van der Waals surface area contributed by atoms with Crippen molar-refractivity contribution in [2.75, 3.05) is 19.7 Å². The normalized spacial score (nSPS) is 13.4. The van der Waals surface area contributed by atoms with Gasteiger partial charge in [-0.2, -0.15) is 0 Å². The maximum atomic E-state index is 12.1. The Kier molecular flexibility index (Phi) is 13.2. The van der Waals surface area contributed by atoms with Crippen LogP contribution < -0.4 is 32.7 Å². The van der Waals surface area contributed by atoms with Crippen molar-refractivity contribution in [1.82, 2.24) is 21.3 Å². The SMILES string of the molecule is CC(C)C[C@H](N)C(=O)N[C@@H](CO)C(=O)NCC(=O)NCC(=O)N[C@@H](CCC(N)=O)C(=O)O. The second-order valence-electron chi connectivity index (χ2n) is 7.44. The predicted molar refractivity (Wildman–Crippen MR) is 110 cm³/mol. The van der Waals surface area contributed by atoms with Gasteiger partial charge in [0.15, 0.2) is 0 Å². The van der Waals surface area contributed by atoms with E-state index in [4.69, 9.17) is 16.6 Å². The van der Waals surface area contributed by atoms with Gasteiger partial charge in [0.1, 0.15) is 12.1 Å². The molecule has 10 N–H and O–H groups in total. The Bertz CT molecular complexity index is 699. The van der Waals surface area contributed by atoms with E-state index in [0.29, 0.717) is 6.42 Å². The molecule has 0 aromatic heterocycles. The number of aliphatic hydroxyl groups excluding tert-OH is 1. The molecule has 0 heterocycles. The number of carbonyl (C=O) groups is 6. The van der Waals surface area contributed by atoms with Crippen molar-refractivity contribution in [3.05, 3.63) is 0 Å². The minimum Gasteiger partial charge on any atom is -0.480 e. The van der Waals surface area contributed by atoms with Gasteiger partial charge in [0.05, 0.1) is 25.7 Å². The number of carboxylic acids is 1. The number of carbonyl (C=O) groups excluding carboxylic acids is 5. The van der Waals surface area contributed by atoms with Crippen LogP contribution in [0.2, 0.25) is 0 Å². The highest BCUT2D eigenvalue weighted by Crippen LogP contribution is 2.03. The van der Waals surface area contributed by atoms with Crippen LogP contribution in [0, 0.1) is 5.92 Å². The molecule has 0 aliphatic rings. The summed E-state index contributed by atoms with van der Waals surface area (Å²) < 4.78 is 0. The lowest BCUT2D eigenvalue weighted by atomic mass is 10.0. The summed E-state index contributed by atoms with van der Waals surface area (Å²) in [5.41, 5.74) is 10.6. The topological polar surface area (TPSA) is 243 Å². The van der Waals surface area contributed by atoms with Gasteiger partial charge < -0.3 is 42.9 Å². The number of carboxylic acid groups (broad SMARTS) is 1. The summed E-state index contributed by atoms with van der Waals surface area (Å²) in [5, 5.41) is 27.1. The van der Waals surface area contributed by atoms with Crippen LogP contribution in [-0.4, -0.2) is 83.5 Å². The molecule has 0 aromatic carbocycles. The number of nitrogens with two attached hydrogens (primary N) is 2. The summed E-state index contributed by atoms with van der Waals surface area (Å²) in [5.74, 6) is -5.03. The molecule has 32 heavy (non-hydrogen) atoms. The number of aliphatic hydroxyl groups is 1. The standard InChI is InChI=1S/C18H32N6O8/c1-9(2)5-10(19)16(29)24-12(8-25)17(30)22-6-14(27)21-7-15(28)23-11(18(31)32)3-4-13(20)26/h9-12,25H,3-8,19H2,1-2H3,(H2,20,26)(H,21,27)(H,22,30)(H,23,28)(H,24,29)(H,31,32)/t10-,11-,12-/m0/s1. The Labute approximate surface area is 184 Å². The van der Waals surface area contributed by atoms with E-state index in [-0.39, 0.29) is 18.8 Å². The molecule has 0 aliphatic heterocycles. The average molecular weight is 460 g/mol. The van der Waals surface area contributed by atoms with Crippen LogP contribution in [0.25, 0.3) is 0 Å². The predicted octanol–water partition coefficient (Wildman–Crippen LogP) is -4.10. The lowest BCUT2D eigenvalue weighted by Crippen LogP contribution is -2.54. The van der Waals surface area contributed by atoms with Crippen molar-refractivity contribution in [3.63, 3.8) is 0 Å². The zero-order valence-electron chi connectivity index (χ0n) is 18.1. The Morgan fingerprint density at radius 1 is 0.875 bits per heavy atom. The molecule has 0 fully saturated rings. The van der Waals surface area contributed by atoms with Gasteiger partial charge in [-0.15, -0.1) is 0 Å².